The fourth-order valence-corrected chi connectivity index (χ4v) is 2.94. The number of amides is 1. The molecule has 2 rings (SSSR count). The number of thioether (sulfide) groups is 1. The normalized spacial score (nSPS) is 18.2. The third-order valence-electron chi connectivity index (χ3n) is 3.51. The van der Waals surface area contributed by atoms with Crippen LogP contribution < -0.4 is 16.7 Å². The van der Waals surface area contributed by atoms with Gasteiger partial charge < -0.3 is 11.1 Å². The maximum absolute atomic E-state index is 11.6. The number of rotatable bonds is 7. The average Bonchev–Trinajstić information content (AvgIpc) is 3.14. The van der Waals surface area contributed by atoms with E-state index in [1.165, 1.54) is 11.8 Å². The predicted molar refractivity (Wildman–Crippen MR) is 73.1 cm³/mol. The van der Waals surface area contributed by atoms with Crippen molar-refractivity contribution in [2.75, 3.05) is 12.8 Å². The van der Waals surface area contributed by atoms with Crippen LogP contribution in [0, 0.1) is 0 Å². The Hall–Kier alpha value is -1.28. The molecule has 1 saturated carbocycles. The first kappa shape index (κ1) is 14.1. The molecular formula is C11H19N5O2S. The van der Waals surface area contributed by atoms with Gasteiger partial charge >= 0.3 is 5.69 Å². The van der Waals surface area contributed by atoms with Crippen molar-refractivity contribution in [1.29, 1.82) is 0 Å². The highest BCUT2D eigenvalue weighted by atomic mass is 32.2. The molecule has 4 N–H and O–H groups in total. The highest BCUT2D eigenvalue weighted by Gasteiger charge is 2.30. The lowest BCUT2D eigenvalue weighted by Gasteiger charge is -2.24. The van der Waals surface area contributed by atoms with Crippen LogP contribution in [0.4, 0.5) is 0 Å². The van der Waals surface area contributed by atoms with Gasteiger partial charge in [-0.15, -0.1) is 5.10 Å². The summed E-state index contributed by atoms with van der Waals surface area (Å²) in [5.74, 6) is 0.286. The average molecular weight is 285 g/mol. The number of nitrogens with two attached hydrogens (primary N) is 1. The first-order valence-electron chi connectivity index (χ1n) is 6.26. The second-order valence-corrected chi connectivity index (χ2v) is 6.02. The standard InChI is InChI=1S/C11H19N5O2S/c1-11(13-2,8(12)17)5-6-19-10-15-14-9(18)16(10)7-3-4-7/h7,13H,3-6H2,1-2H3,(H2,12,17)(H,14,18). The van der Waals surface area contributed by atoms with Crippen molar-refractivity contribution in [1.82, 2.24) is 20.1 Å². The van der Waals surface area contributed by atoms with Crippen molar-refractivity contribution in [3.8, 4) is 0 Å². The molecule has 1 aliphatic rings. The van der Waals surface area contributed by atoms with Gasteiger partial charge in [-0.25, -0.2) is 9.89 Å². The lowest BCUT2D eigenvalue weighted by Crippen LogP contribution is -2.51. The molecule has 1 aliphatic carbocycles. The maximum Gasteiger partial charge on any atom is 0.344 e. The van der Waals surface area contributed by atoms with E-state index in [1.54, 1.807) is 18.5 Å². The van der Waals surface area contributed by atoms with E-state index in [1.807, 2.05) is 0 Å². The Morgan fingerprint density at radius 2 is 2.37 bits per heavy atom. The van der Waals surface area contributed by atoms with Gasteiger partial charge in [0, 0.05) is 11.8 Å². The minimum Gasteiger partial charge on any atom is -0.368 e. The van der Waals surface area contributed by atoms with Gasteiger partial charge in [0.05, 0.1) is 5.54 Å². The van der Waals surface area contributed by atoms with Crippen molar-refractivity contribution < 1.29 is 4.79 Å². The molecule has 0 aliphatic heterocycles. The molecule has 0 radical (unpaired) electrons. The lowest BCUT2D eigenvalue weighted by molar-refractivity contribution is -0.123. The largest absolute Gasteiger partial charge is 0.368 e. The van der Waals surface area contributed by atoms with Crippen LogP contribution in [0.5, 0.6) is 0 Å². The molecular weight excluding hydrogens is 266 g/mol. The summed E-state index contributed by atoms with van der Waals surface area (Å²) in [4.78, 5) is 22.9. The minimum absolute atomic E-state index is 0.156. The molecule has 0 aromatic carbocycles. The van der Waals surface area contributed by atoms with E-state index in [0.717, 1.165) is 12.8 Å². The number of primary amides is 1. The first-order valence-corrected chi connectivity index (χ1v) is 7.25. The summed E-state index contributed by atoms with van der Waals surface area (Å²) in [7, 11) is 1.71. The number of aromatic nitrogens is 3. The Labute approximate surface area is 115 Å². The first-order chi connectivity index (χ1) is 8.98. The molecule has 1 aromatic heterocycles. The van der Waals surface area contributed by atoms with E-state index < -0.39 is 5.54 Å². The number of nitrogens with one attached hydrogen (secondary N) is 2. The monoisotopic (exact) mass is 285 g/mol. The van der Waals surface area contributed by atoms with Gasteiger partial charge in [-0.2, -0.15) is 0 Å². The SMILES string of the molecule is CNC(C)(CCSc1n[nH]c(=O)n1C1CC1)C(N)=O. The summed E-state index contributed by atoms with van der Waals surface area (Å²) in [6, 6.07) is 0.292. The van der Waals surface area contributed by atoms with Crippen molar-refractivity contribution in [3.63, 3.8) is 0 Å². The zero-order valence-corrected chi connectivity index (χ0v) is 11.9. The van der Waals surface area contributed by atoms with Crippen molar-refractivity contribution in [2.45, 2.75) is 42.9 Å². The lowest BCUT2D eigenvalue weighted by atomic mass is 9.99. The number of H-pyrrole nitrogens is 1. The smallest absolute Gasteiger partial charge is 0.344 e. The fraction of sp³-hybridized carbons (Fsp3) is 0.727. The van der Waals surface area contributed by atoms with Gasteiger partial charge in [0.1, 0.15) is 0 Å². The number of aromatic amines is 1. The van der Waals surface area contributed by atoms with Crippen molar-refractivity contribution in [3.05, 3.63) is 10.5 Å². The van der Waals surface area contributed by atoms with Crippen LogP contribution in [0.15, 0.2) is 9.95 Å². The summed E-state index contributed by atoms with van der Waals surface area (Å²) in [5, 5.41) is 10.1. The Balaban J connectivity index is 1.96. The summed E-state index contributed by atoms with van der Waals surface area (Å²) in [6.07, 6.45) is 2.64. The second kappa shape index (κ2) is 5.38. The van der Waals surface area contributed by atoms with Crippen LogP contribution in [-0.4, -0.2) is 39.0 Å². The molecule has 8 heteroatoms. The van der Waals surface area contributed by atoms with Crippen LogP contribution in [0.25, 0.3) is 0 Å². The van der Waals surface area contributed by atoms with E-state index >= 15 is 0 Å². The highest BCUT2D eigenvalue weighted by Crippen LogP contribution is 2.36. The molecule has 0 bridgehead atoms. The molecule has 19 heavy (non-hydrogen) atoms. The molecule has 0 saturated heterocycles. The number of carbonyl (C=O) groups is 1. The van der Waals surface area contributed by atoms with Gasteiger partial charge in [-0.1, -0.05) is 11.8 Å². The van der Waals surface area contributed by atoms with Gasteiger partial charge in [-0.3, -0.25) is 9.36 Å². The maximum atomic E-state index is 11.6. The number of hydrogen-bond donors (Lipinski definition) is 3. The number of carbonyl (C=O) groups excluding carboxylic acids is 1. The molecule has 1 amide bonds. The topological polar surface area (TPSA) is 106 Å². The number of likely N-dealkylation sites (N-methyl/N-ethyl adjacent to an activating group) is 1. The molecule has 1 aromatic rings. The summed E-state index contributed by atoms with van der Waals surface area (Å²) in [6.45, 7) is 1.77. The van der Waals surface area contributed by atoms with Crippen molar-refractivity contribution >= 4 is 17.7 Å². The van der Waals surface area contributed by atoms with Crippen LogP contribution in [0.2, 0.25) is 0 Å². The third kappa shape index (κ3) is 3.01. The van der Waals surface area contributed by atoms with E-state index in [-0.39, 0.29) is 11.6 Å². The van der Waals surface area contributed by atoms with Crippen LogP contribution >= 0.6 is 11.8 Å². The Morgan fingerprint density at radius 3 is 2.89 bits per heavy atom. The van der Waals surface area contributed by atoms with Gasteiger partial charge in [-0.05, 0) is 33.2 Å². The van der Waals surface area contributed by atoms with E-state index in [2.05, 4.69) is 15.5 Å². The van der Waals surface area contributed by atoms with Gasteiger partial charge in [0.15, 0.2) is 5.16 Å². The van der Waals surface area contributed by atoms with E-state index in [9.17, 15) is 9.59 Å². The number of nitrogens with zero attached hydrogens (tertiary/aromatic N) is 2. The van der Waals surface area contributed by atoms with Crippen LogP contribution in [0.3, 0.4) is 0 Å². The summed E-state index contributed by atoms with van der Waals surface area (Å²) in [5.41, 5.74) is 4.48. The molecule has 7 nitrogen and oxygen atoms in total. The molecule has 0 spiro atoms. The Morgan fingerprint density at radius 1 is 1.68 bits per heavy atom. The highest BCUT2D eigenvalue weighted by molar-refractivity contribution is 7.99. The van der Waals surface area contributed by atoms with Crippen molar-refractivity contribution in [2.24, 2.45) is 5.73 Å². The molecule has 106 valence electrons. The fourth-order valence-electron chi connectivity index (χ4n) is 1.76. The summed E-state index contributed by atoms with van der Waals surface area (Å²) >= 11 is 1.47. The minimum atomic E-state index is -0.728. The molecule has 1 fully saturated rings. The quantitative estimate of drug-likeness (QED) is 0.604. The second-order valence-electron chi connectivity index (χ2n) is 4.96. The van der Waals surface area contributed by atoms with Crippen LogP contribution in [-0.2, 0) is 4.79 Å². The summed E-state index contributed by atoms with van der Waals surface area (Å²) < 4.78 is 1.70. The number of hydrogen-bond acceptors (Lipinski definition) is 5. The third-order valence-corrected chi connectivity index (χ3v) is 4.47. The Bertz CT molecular complexity index is 521. The zero-order valence-electron chi connectivity index (χ0n) is 11.1. The van der Waals surface area contributed by atoms with E-state index in [4.69, 9.17) is 5.73 Å². The van der Waals surface area contributed by atoms with Gasteiger partial charge in [0.2, 0.25) is 5.91 Å². The zero-order chi connectivity index (χ0) is 14.0. The molecule has 1 heterocycles. The van der Waals surface area contributed by atoms with E-state index in [0.29, 0.717) is 23.4 Å². The van der Waals surface area contributed by atoms with Crippen LogP contribution in [0.1, 0.15) is 32.2 Å². The molecule has 1 unspecified atom stereocenters. The molecule has 1 atom stereocenters. The Kier molecular flexibility index (Phi) is 4.00. The predicted octanol–water partition coefficient (Wildman–Crippen LogP) is -0.148. The van der Waals surface area contributed by atoms with Gasteiger partial charge in [0.25, 0.3) is 0 Å².